The Morgan fingerprint density at radius 1 is 1.00 bits per heavy atom. The Kier molecular flexibility index (Phi) is 6.72. The molecule has 0 saturated heterocycles. The predicted octanol–water partition coefficient (Wildman–Crippen LogP) is 7.55. The van der Waals surface area contributed by atoms with Gasteiger partial charge < -0.3 is 10.6 Å². The van der Waals surface area contributed by atoms with E-state index < -0.39 is 11.7 Å². The number of hydrogen-bond acceptors (Lipinski definition) is 3. The summed E-state index contributed by atoms with van der Waals surface area (Å²) in [6.45, 7) is 7.19. The maximum absolute atomic E-state index is 13.7. The van der Waals surface area contributed by atoms with Crippen LogP contribution >= 0.6 is 0 Å². The minimum absolute atomic E-state index is 0.0945. The van der Waals surface area contributed by atoms with Crippen LogP contribution in [0.25, 0.3) is 17.0 Å². The van der Waals surface area contributed by atoms with E-state index in [0.717, 1.165) is 72.9 Å². The van der Waals surface area contributed by atoms with Crippen LogP contribution in [0.15, 0.2) is 61.2 Å². The van der Waals surface area contributed by atoms with Crippen molar-refractivity contribution in [2.45, 2.75) is 45.2 Å². The first-order chi connectivity index (χ1) is 15.9. The van der Waals surface area contributed by atoms with Crippen molar-refractivity contribution in [2.24, 2.45) is 0 Å². The van der Waals surface area contributed by atoms with Gasteiger partial charge in [0.05, 0.1) is 11.3 Å². The molecule has 0 atom stereocenters. The lowest BCUT2D eigenvalue weighted by Crippen LogP contribution is -2.13. The average molecular weight is 452 g/mol. The van der Waals surface area contributed by atoms with Gasteiger partial charge in [-0.15, -0.1) is 0 Å². The van der Waals surface area contributed by atoms with Gasteiger partial charge in [0.2, 0.25) is 0 Å². The number of anilines is 2. The Balaban J connectivity index is 1.75. The van der Waals surface area contributed by atoms with Crippen LogP contribution < -0.4 is 10.6 Å². The maximum Gasteiger partial charge on any atom is 0.417 e. The van der Waals surface area contributed by atoms with E-state index in [1.165, 1.54) is 12.1 Å². The van der Waals surface area contributed by atoms with Gasteiger partial charge in [0.15, 0.2) is 0 Å². The van der Waals surface area contributed by atoms with Crippen molar-refractivity contribution in [1.82, 2.24) is 4.98 Å². The van der Waals surface area contributed by atoms with E-state index in [0.29, 0.717) is 11.4 Å². The Morgan fingerprint density at radius 2 is 1.73 bits per heavy atom. The first kappa shape index (κ1) is 22.9. The van der Waals surface area contributed by atoms with Crippen molar-refractivity contribution >= 4 is 17.1 Å². The van der Waals surface area contributed by atoms with Gasteiger partial charge in [0.1, 0.15) is 0 Å². The van der Waals surface area contributed by atoms with Crippen LogP contribution in [-0.2, 0) is 19.0 Å². The number of aryl methyl sites for hydroxylation is 1. The molecule has 1 aliphatic carbocycles. The Labute approximate surface area is 192 Å². The molecule has 0 aliphatic heterocycles. The molecular weight excluding hydrogens is 423 g/mol. The molecule has 33 heavy (non-hydrogen) atoms. The van der Waals surface area contributed by atoms with E-state index in [1.54, 1.807) is 12.1 Å². The summed E-state index contributed by atoms with van der Waals surface area (Å²) in [5.74, 6) is 0. The number of nitrogens with zero attached hydrogens (tertiary/aromatic N) is 1. The van der Waals surface area contributed by atoms with Crippen molar-refractivity contribution in [3.05, 3.63) is 83.6 Å². The normalized spacial score (nSPS) is 13.3. The van der Waals surface area contributed by atoms with E-state index >= 15 is 0 Å². The number of benzene rings is 2. The molecule has 3 nitrogen and oxygen atoms in total. The molecule has 172 valence electrons. The molecule has 3 aromatic rings. The lowest BCUT2D eigenvalue weighted by molar-refractivity contribution is -0.137. The molecule has 1 heterocycles. The highest BCUT2D eigenvalue weighted by atomic mass is 19.4. The average Bonchev–Trinajstić information content (AvgIpc) is 2.82. The molecule has 0 amide bonds. The topological polar surface area (TPSA) is 37.0 Å². The molecule has 0 radical (unpaired) electrons. The number of pyridine rings is 1. The van der Waals surface area contributed by atoms with E-state index in [4.69, 9.17) is 0 Å². The lowest BCUT2D eigenvalue weighted by atomic mass is 9.92. The number of alkyl halides is 3. The van der Waals surface area contributed by atoms with E-state index in [9.17, 15) is 13.2 Å². The SMILES string of the molecule is C=C(Nc1cc(-c2ccccc2C(F)(F)F)nc2c1CCCC2)c1ccccc1NCCC. The van der Waals surface area contributed by atoms with Gasteiger partial charge in [-0.25, -0.2) is 0 Å². The molecule has 0 unspecified atom stereocenters. The number of aromatic nitrogens is 1. The Morgan fingerprint density at radius 3 is 2.52 bits per heavy atom. The van der Waals surface area contributed by atoms with E-state index in [1.807, 2.05) is 24.3 Å². The highest BCUT2D eigenvalue weighted by Crippen LogP contribution is 2.39. The third-order valence-corrected chi connectivity index (χ3v) is 5.91. The summed E-state index contributed by atoms with van der Waals surface area (Å²) in [7, 11) is 0. The summed E-state index contributed by atoms with van der Waals surface area (Å²) < 4.78 is 41.1. The molecule has 6 heteroatoms. The van der Waals surface area contributed by atoms with E-state index in [-0.39, 0.29) is 5.56 Å². The van der Waals surface area contributed by atoms with Crippen molar-refractivity contribution in [1.29, 1.82) is 0 Å². The first-order valence-electron chi connectivity index (χ1n) is 11.4. The van der Waals surface area contributed by atoms with Gasteiger partial charge >= 0.3 is 6.18 Å². The highest BCUT2D eigenvalue weighted by Gasteiger charge is 2.34. The number of rotatable bonds is 7. The zero-order valence-corrected chi connectivity index (χ0v) is 18.7. The molecule has 2 aromatic carbocycles. The van der Waals surface area contributed by atoms with Gasteiger partial charge in [-0.2, -0.15) is 13.2 Å². The lowest BCUT2D eigenvalue weighted by Gasteiger charge is -2.23. The van der Waals surface area contributed by atoms with Crippen molar-refractivity contribution in [3.63, 3.8) is 0 Å². The third kappa shape index (κ3) is 5.05. The van der Waals surface area contributed by atoms with Crippen molar-refractivity contribution < 1.29 is 13.2 Å². The van der Waals surface area contributed by atoms with Crippen molar-refractivity contribution in [2.75, 3.05) is 17.2 Å². The number of fused-ring (bicyclic) bond motifs is 1. The van der Waals surface area contributed by atoms with Crippen LogP contribution in [0.5, 0.6) is 0 Å². The second-order valence-electron chi connectivity index (χ2n) is 8.31. The van der Waals surface area contributed by atoms with Crippen LogP contribution in [0.4, 0.5) is 24.5 Å². The fourth-order valence-corrected chi connectivity index (χ4v) is 4.30. The number of para-hydroxylation sites is 1. The number of hydrogen-bond donors (Lipinski definition) is 2. The molecule has 0 fully saturated rings. The van der Waals surface area contributed by atoms with Gasteiger partial charge in [-0.1, -0.05) is 49.9 Å². The van der Waals surface area contributed by atoms with Crippen LogP contribution in [0.1, 0.15) is 48.6 Å². The Hall–Kier alpha value is -3.28. The third-order valence-electron chi connectivity index (χ3n) is 5.91. The molecule has 1 aromatic heterocycles. The van der Waals surface area contributed by atoms with E-state index in [2.05, 4.69) is 29.1 Å². The summed E-state index contributed by atoms with van der Waals surface area (Å²) in [5.41, 5.74) is 5.07. The van der Waals surface area contributed by atoms with Gasteiger partial charge in [-0.05, 0) is 55.9 Å². The van der Waals surface area contributed by atoms with Crippen LogP contribution in [0, 0.1) is 0 Å². The monoisotopic (exact) mass is 451 g/mol. The largest absolute Gasteiger partial charge is 0.417 e. The van der Waals surface area contributed by atoms with Gasteiger partial charge in [-0.3, -0.25) is 4.98 Å². The quantitative estimate of drug-likeness (QED) is 0.389. The standard InChI is InChI=1S/C27H28F3N3/c1-3-16-31-23-14-8-5-10-19(23)18(2)32-26-17-25(33-24-15-9-6-12-21(24)26)20-11-4-7-13-22(20)27(28,29)30/h4-5,7-8,10-11,13-14,17,31H,2-3,6,9,12,15-16H2,1H3,(H,32,33). The molecule has 0 saturated carbocycles. The Bertz CT molecular complexity index is 1150. The molecule has 1 aliphatic rings. The second kappa shape index (κ2) is 9.69. The van der Waals surface area contributed by atoms with Gasteiger partial charge in [0, 0.05) is 40.4 Å². The minimum atomic E-state index is -4.45. The molecule has 2 N–H and O–H groups in total. The highest BCUT2D eigenvalue weighted by molar-refractivity contribution is 5.84. The fourth-order valence-electron chi connectivity index (χ4n) is 4.30. The van der Waals surface area contributed by atoms with Crippen molar-refractivity contribution in [3.8, 4) is 11.3 Å². The van der Waals surface area contributed by atoms with Crippen LogP contribution in [0.3, 0.4) is 0 Å². The molecule has 0 bridgehead atoms. The van der Waals surface area contributed by atoms with Gasteiger partial charge in [0.25, 0.3) is 0 Å². The molecule has 4 rings (SSSR count). The molecular formula is C27H28F3N3. The summed E-state index contributed by atoms with van der Waals surface area (Å²) in [5, 5.41) is 6.83. The first-order valence-corrected chi connectivity index (χ1v) is 11.4. The van der Waals surface area contributed by atoms with Crippen LogP contribution in [0.2, 0.25) is 0 Å². The summed E-state index contributed by atoms with van der Waals surface area (Å²) in [6.07, 6.45) is 0.156. The summed E-state index contributed by atoms with van der Waals surface area (Å²) in [4.78, 5) is 4.67. The summed E-state index contributed by atoms with van der Waals surface area (Å²) >= 11 is 0. The van der Waals surface area contributed by atoms with Crippen LogP contribution in [-0.4, -0.2) is 11.5 Å². The minimum Gasteiger partial charge on any atom is -0.385 e. The zero-order chi connectivity index (χ0) is 23.4. The second-order valence-corrected chi connectivity index (χ2v) is 8.31. The maximum atomic E-state index is 13.7. The summed E-state index contributed by atoms with van der Waals surface area (Å²) in [6, 6.07) is 15.3. The fraction of sp³-hybridized carbons (Fsp3) is 0.296. The zero-order valence-electron chi connectivity index (χ0n) is 18.7. The number of halogens is 3. The predicted molar refractivity (Wildman–Crippen MR) is 129 cm³/mol. The smallest absolute Gasteiger partial charge is 0.385 e. The molecule has 0 spiro atoms. The number of nitrogens with one attached hydrogen (secondary N) is 2.